The molecule has 2 saturated heterocycles. The fourth-order valence-corrected chi connectivity index (χ4v) is 3.99. The maximum absolute atomic E-state index is 12.3. The maximum Gasteiger partial charge on any atom is 0.229 e. The number of benzene rings is 1. The highest BCUT2D eigenvalue weighted by Crippen LogP contribution is 2.46. The third-order valence-corrected chi connectivity index (χ3v) is 5.90. The van der Waals surface area contributed by atoms with Crippen LogP contribution in [0.2, 0.25) is 0 Å². The van der Waals surface area contributed by atoms with Gasteiger partial charge in [0.2, 0.25) is 6.29 Å². The molecule has 0 aliphatic carbocycles. The number of hydrogen-bond donors (Lipinski definition) is 10. The molecule has 0 bridgehead atoms. The lowest BCUT2D eigenvalue weighted by Gasteiger charge is -2.41. The van der Waals surface area contributed by atoms with E-state index < -0.39 is 109 Å². The van der Waals surface area contributed by atoms with Gasteiger partial charge in [-0.15, -0.1) is 0 Å². The summed E-state index contributed by atoms with van der Waals surface area (Å²) >= 11 is 0. The molecule has 0 amide bonds. The standard InChI is InChI=1S/C20H28O14/c1-5(23)10-7(33-20-18(31)16(29)13(26)9(4-22)34-20)2-6(24)11(14(10)27)19-17(30)15(28)12(25)8(3-21)32-19/h2,8-9,12-13,15-22,24-31H,3-4H2,1H3/t8-,9+,12+,13+,15+,16-,17+,18+,19+,20-/m0/s1. The molecule has 0 spiro atoms. The summed E-state index contributed by atoms with van der Waals surface area (Å²) in [7, 11) is 0. The number of aliphatic hydroxyl groups is 8. The molecule has 3 rings (SSSR count). The molecule has 1 aromatic carbocycles. The zero-order valence-corrected chi connectivity index (χ0v) is 17.9. The normalized spacial score (nSPS) is 38.5. The zero-order valence-electron chi connectivity index (χ0n) is 17.9. The molecule has 192 valence electrons. The lowest BCUT2D eigenvalue weighted by atomic mass is 9.89. The van der Waals surface area contributed by atoms with Crippen molar-refractivity contribution in [3.63, 3.8) is 0 Å². The van der Waals surface area contributed by atoms with Gasteiger partial charge >= 0.3 is 0 Å². The van der Waals surface area contributed by atoms with E-state index >= 15 is 0 Å². The second-order valence-corrected chi connectivity index (χ2v) is 8.15. The Bertz CT molecular complexity index is 889. The molecular formula is C20H28O14. The summed E-state index contributed by atoms with van der Waals surface area (Å²) in [5.74, 6) is -3.08. The zero-order chi connectivity index (χ0) is 25.5. The van der Waals surface area contributed by atoms with Gasteiger partial charge < -0.3 is 65.3 Å². The van der Waals surface area contributed by atoms with Gasteiger partial charge in [0.15, 0.2) is 5.78 Å². The predicted molar refractivity (Wildman–Crippen MR) is 107 cm³/mol. The molecule has 0 unspecified atom stereocenters. The maximum atomic E-state index is 12.3. The minimum absolute atomic E-state index is 0.528. The topological polar surface area (TPSA) is 247 Å². The Morgan fingerprint density at radius 1 is 0.853 bits per heavy atom. The molecule has 2 aliphatic heterocycles. The van der Waals surface area contributed by atoms with Gasteiger partial charge in [0.1, 0.15) is 77.7 Å². The number of aliphatic hydroxyl groups excluding tert-OH is 8. The number of hydrogen-bond acceptors (Lipinski definition) is 14. The van der Waals surface area contributed by atoms with E-state index in [1.165, 1.54) is 0 Å². The average Bonchev–Trinajstić information content (AvgIpc) is 2.78. The molecule has 2 aliphatic rings. The van der Waals surface area contributed by atoms with Crippen LogP contribution in [0.3, 0.4) is 0 Å². The van der Waals surface area contributed by atoms with Gasteiger partial charge in [-0.25, -0.2) is 0 Å². The lowest BCUT2D eigenvalue weighted by molar-refractivity contribution is -0.277. The van der Waals surface area contributed by atoms with Crippen LogP contribution in [0.5, 0.6) is 17.2 Å². The van der Waals surface area contributed by atoms with E-state index in [1.54, 1.807) is 0 Å². The van der Waals surface area contributed by atoms with Crippen molar-refractivity contribution in [2.24, 2.45) is 0 Å². The second kappa shape index (κ2) is 10.2. The minimum atomic E-state index is -1.88. The summed E-state index contributed by atoms with van der Waals surface area (Å²) < 4.78 is 15.9. The van der Waals surface area contributed by atoms with E-state index in [0.29, 0.717) is 0 Å². The van der Waals surface area contributed by atoms with Crippen molar-refractivity contribution in [2.75, 3.05) is 13.2 Å². The third kappa shape index (κ3) is 4.57. The molecule has 14 nitrogen and oxygen atoms in total. The molecule has 0 aromatic heterocycles. The number of ketones is 1. The van der Waals surface area contributed by atoms with Gasteiger partial charge in [-0.3, -0.25) is 4.79 Å². The third-order valence-electron chi connectivity index (χ3n) is 5.90. The Kier molecular flexibility index (Phi) is 7.99. The van der Waals surface area contributed by atoms with Crippen molar-refractivity contribution in [1.82, 2.24) is 0 Å². The van der Waals surface area contributed by atoms with Crippen LogP contribution in [-0.2, 0) is 9.47 Å². The van der Waals surface area contributed by atoms with Crippen LogP contribution in [-0.4, -0.2) is 125 Å². The summed E-state index contributed by atoms with van der Waals surface area (Å²) in [5.41, 5.74) is -1.12. The number of aromatic hydroxyl groups is 2. The highest BCUT2D eigenvalue weighted by molar-refractivity contribution is 6.00. The highest BCUT2D eigenvalue weighted by atomic mass is 16.7. The molecule has 10 N–H and O–H groups in total. The molecular weight excluding hydrogens is 464 g/mol. The van der Waals surface area contributed by atoms with Crippen molar-refractivity contribution in [3.05, 3.63) is 17.2 Å². The Morgan fingerprint density at radius 3 is 1.91 bits per heavy atom. The molecule has 10 atom stereocenters. The fourth-order valence-electron chi connectivity index (χ4n) is 3.99. The fraction of sp³-hybridized carbons (Fsp3) is 0.650. The van der Waals surface area contributed by atoms with Crippen LogP contribution in [0.15, 0.2) is 6.07 Å². The summed E-state index contributed by atoms with van der Waals surface area (Å²) in [6.07, 6.45) is -16.9. The van der Waals surface area contributed by atoms with Gasteiger partial charge in [-0.05, 0) is 6.92 Å². The van der Waals surface area contributed by atoms with Crippen molar-refractivity contribution >= 4 is 5.78 Å². The first-order valence-corrected chi connectivity index (χ1v) is 10.3. The van der Waals surface area contributed by atoms with Crippen LogP contribution in [0.1, 0.15) is 28.9 Å². The lowest BCUT2D eigenvalue weighted by Crippen LogP contribution is -2.60. The van der Waals surface area contributed by atoms with Crippen molar-refractivity contribution in [1.29, 1.82) is 0 Å². The van der Waals surface area contributed by atoms with Crippen molar-refractivity contribution < 1.29 is 70.1 Å². The number of carbonyl (C=O) groups excluding carboxylic acids is 1. The monoisotopic (exact) mass is 492 g/mol. The van der Waals surface area contributed by atoms with E-state index in [2.05, 4.69) is 0 Å². The minimum Gasteiger partial charge on any atom is -0.507 e. The van der Waals surface area contributed by atoms with Crippen LogP contribution < -0.4 is 4.74 Å². The number of rotatable bonds is 6. The SMILES string of the molecule is CC(=O)c1c(O[C@H]2O[C@H](CO)[C@@H](O)[C@H](O)[C@H]2O)cc(O)c([C@H]2O[C@@H](CO)[C@@H](O)[C@@H](O)[C@H]2O)c1O. The van der Waals surface area contributed by atoms with Crippen LogP contribution in [0.25, 0.3) is 0 Å². The van der Waals surface area contributed by atoms with E-state index in [4.69, 9.17) is 14.2 Å². The molecule has 2 fully saturated rings. The number of phenolic OH excluding ortho intramolecular Hbond substituents is 2. The molecule has 0 saturated carbocycles. The van der Waals surface area contributed by atoms with Gasteiger partial charge in [0.25, 0.3) is 0 Å². The Balaban J connectivity index is 2.02. The Morgan fingerprint density at radius 2 is 1.38 bits per heavy atom. The average molecular weight is 492 g/mol. The Labute approximate surface area is 192 Å². The van der Waals surface area contributed by atoms with Crippen LogP contribution >= 0.6 is 0 Å². The number of phenols is 2. The van der Waals surface area contributed by atoms with Gasteiger partial charge in [0, 0.05) is 6.07 Å². The quantitative estimate of drug-likeness (QED) is 0.170. The largest absolute Gasteiger partial charge is 0.507 e. The highest BCUT2D eigenvalue weighted by Gasteiger charge is 2.48. The second-order valence-electron chi connectivity index (χ2n) is 8.15. The molecule has 14 heteroatoms. The Hall–Kier alpha value is -2.11. The smallest absolute Gasteiger partial charge is 0.229 e. The summed E-state index contributed by atoms with van der Waals surface area (Å²) in [5, 5.41) is 100. The first-order valence-electron chi connectivity index (χ1n) is 10.3. The molecule has 34 heavy (non-hydrogen) atoms. The summed E-state index contributed by atoms with van der Waals surface area (Å²) in [6.45, 7) is -0.513. The van der Waals surface area contributed by atoms with Crippen molar-refractivity contribution in [3.8, 4) is 17.2 Å². The first kappa shape index (κ1) is 26.5. The van der Waals surface area contributed by atoms with E-state index in [-0.39, 0.29) is 0 Å². The van der Waals surface area contributed by atoms with Gasteiger partial charge in [-0.2, -0.15) is 0 Å². The van der Waals surface area contributed by atoms with E-state index in [1.807, 2.05) is 0 Å². The van der Waals surface area contributed by atoms with Crippen LogP contribution in [0, 0.1) is 0 Å². The van der Waals surface area contributed by atoms with E-state index in [0.717, 1.165) is 13.0 Å². The van der Waals surface area contributed by atoms with Gasteiger partial charge in [-0.1, -0.05) is 0 Å². The number of carbonyl (C=O) groups is 1. The molecule has 1 aromatic rings. The molecule has 2 heterocycles. The first-order chi connectivity index (χ1) is 15.9. The predicted octanol–water partition coefficient (Wildman–Crippen LogP) is -4.01. The number of ether oxygens (including phenoxy) is 3. The van der Waals surface area contributed by atoms with Crippen molar-refractivity contribution in [2.45, 2.75) is 68.1 Å². The summed E-state index contributed by atoms with van der Waals surface area (Å²) in [4.78, 5) is 12.3. The molecule has 0 radical (unpaired) electrons. The number of Topliss-reactive ketones (excluding diaryl/α,β-unsaturated/α-hetero) is 1. The van der Waals surface area contributed by atoms with Crippen LogP contribution in [0.4, 0.5) is 0 Å². The van der Waals surface area contributed by atoms with E-state index in [9.17, 15) is 55.9 Å². The summed E-state index contributed by atoms with van der Waals surface area (Å²) in [6, 6.07) is 0.814. The van der Waals surface area contributed by atoms with Gasteiger partial charge in [0.05, 0.1) is 18.8 Å².